The number of methoxy groups -OCH3 is 1. The molecule has 2 heterocycles. The van der Waals surface area contributed by atoms with Crippen LogP contribution in [0.3, 0.4) is 0 Å². The fourth-order valence-electron chi connectivity index (χ4n) is 3.64. The first-order chi connectivity index (χ1) is 13.1. The van der Waals surface area contributed by atoms with Crippen LogP contribution in [-0.2, 0) is 6.54 Å². The molecule has 5 nitrogen and oxygen atoms in total. The molecule has 0 radical (unpaired) electrons. The summed E-state index contributed by atoms with van der Waals surface area (Å²) in [5, 5.41) is 0.885. The van der Waals surface area contributed by atoms with Gasteiger partial charge in [-0.2, -0.15) is 0 Å². The summed E-state index contributed by atoms with van der Waals surface area (Å²) in [5.74, 6) is 0.972. The highest BCUT2D eigenvalue weighted by Gasteiger charge is 2.25. The summed E-state index contributed by atoms with van der Waals surface area (Å²) in [4.78, 5) is 17.1. The molecule has 27 heavy (non-hydrogen) atoms. The van der Waals surface area contributed by atoms with E-state index in [9.17, 15) is 4.79 Å². The zero-order valence-corrected chi connectivity index (χ0v) is 15.8. The van der Waals surface area contributed by atoms with Gasteiger partial charge >= 0.3 is 0 Å². The lowest BCUT2D eigenvalue weighted by atomic mass is 10.1. The fraction of sp³-hybridized carbons (Fsp3) is 0.318. The molecule has 2 aromatic carbocycles. The molecule has 140 valence electrons. The van der Waals surface area contributed by atoms with Crippen LogP contribution in [0.1, 0.15) is 21.7 Å². The Balaban J connectivity index is 1.41. The molecule has 5 heteroatoms. The number of ether oxygens (including phenoxy) is 1. The fourth-order valence-corrected chi connectivity index (χ4v) is 3.64. The summed E-state index contributed by atoms with van der Waals surface area (Å²) >= 11 is 0. The number of piperazine rings is 1. The van der Waals surface area contributed by atoms with Gasteiger partial charge in [0.2, 0.25) is 0 Å². The van der Waals surface area contributed by atoms with Gasteiger partial charge in [0.05, 0.1) is 7.11 Å². The van der Waals surface area contributed by atoms with Crippen molar-refractivity contribution < 1.29 is 13.9 Å². The van der Waals surface area contributed by atoms with Crippen molar-refractivity contribution in [2.24, 2.45) is 0 Å². The Morgan fingerprint density at radius 3 is 2.59 bits per heavy atom. The predicted octanol–water partition coefficient (Wildman–Crippen LogP) is 3.71. The topological polar surface area (TPSA) is 45.9 Å². The van der Waals surface area contributed by atoms with Gasteiger partial charge in [0.1, 0.15) is 0 Å². The average molecular weight is 364 g/mol. The Morgan fingerprint density at radius 1 is 1.07 bits per heavy atom. The molecule has 0 unspecified atom stereocenters. The predicted molar refractivity (Wildman–Crippen MR) is 105 cm³/mol. The zero-order valence-electron chi connectivity index (χ0n) is 15.8. The van der Waals surface area contributed by atoms with E-state index in [-0.39, 0.29) is 5.91 Å². The van der Waals surface area contributed by atoms with Crippen molar-refractivity contribution in [1.29, 1.82) is 0 Å². The minimum Gasteiger partial charge on any atom is -0.493 e. The van der Waals surface area contributed by atoms with Crippen LogP contribution in [-0.4, -0.2) is 49.0 Å². The second-order valence-electron chi connectivity index (χ2n) is 7.05. The molecule has 0 N–H and O–H groups in total. The molecule has 1 aliphatic rings. The van der Waals surface area contributed by atoms with Crippen molar-refractivity contribution in [2.75, 3.05) is 33.3 Å². The summed E-state index contributed by atoms with van der Waals surface area (Å²) in [6, 6.07) is 16.1. The van der Waals surface area contributed by atoms with E-state index in [1.165, 1.54) is 11.1 Å². The van der Waals surface area contributed by atoms with E-state index >= 15 is 0 Å². The Bertz CT molecular complexity index is 955. The monoisotopic (exact) mass is 364 g/mol. The molecule has 0 atom stereocenters. The highest BCUT2D eigenvalue weighted by Crippen LogP contribution is 2.29. The molecular weight excluding hydrogens is 340 g/mol. The maximum absolute atomic E-state index is 12.9. The molecule has 4 rings (SSSR count). The van der Waals surface area contributed by atoms with Gasteiger partial charge in [-0.25, -0.2) is 0 Å². The zero-order chi connectivity index (χ0) is 18.8. The molecule has 1 amide bonds. The number of furan rings is 1. The highest BCUT2D eigenvalue weighted by atomic mass is 16.5. The summed E-state index contributed by atoms with van der Waals surface area (Å²) in [6.45, 7) is 6.18. The Kier molecular flexibility index (Phi) is 4.86. The summed E-state index contributed by atoms with van der Waals surface area (Å²) in [5.41, 5.74) is 3.22. The van der Waals surface area contributed by atoms with E-state index in [2.05, 4.69) is 36.1 Å². The summed E-state index contributed by atoms with van der Waals surface area (Å²) in [7, 11) is 1.60. The normalized spacial score (nSPS) is 15.3. The van der Waals surface area contributed by atoms with Gasteiger partial charge in [0.25, 0.3) is 5.91 Å². The van der Waals surface area contributed by atoms with Crippen LogP contribution in [0.15, 0.2) is 52.9 Å². The van der Waals surface area contributed by atoms with Crippen LogP contribution >= 0.6 is 0 Å². The van der Waals surface area contributed by atoms with E-state index in [0.717, 1.165) is 25.0 Å². The second-order valence-corrected chi connectivity index (χ2v) is 7.05. The molecule has 0 saturated carbocycles. The SMILES string of the molecule is COc1cccc2cc(C(=O)N3CCN(Cc4cccc(C)c4)CC3)oc12. The number of carbonyl (C=O) groups is 1. The van der Waals surface area contributed by atoms with Crippen molar-refractivity contribution >= 4 is 16.9 Å². The van der Waals surface area contributed by atoms with Crippen LogP contribution in [0.5, 0.6) is 5.75 Å². The minimum absolute atomic E-state index is 0.0524. The molecule has 1 fully saturated rings. The van der Waals surface area contributed by atoms with Gasteiger partial charge < -0.3 is 14.1 Å². The quantitative estimate of drug-likeness (QED) is 0.708. The lowest BCUT2D eigenvalue weighted by molar-refractivity contribution is 0.0600. The summed E-state index contributed by atoms with van der Waals surface area (Å²) in [6.07, 6.45) is 0. The smallest absolute Gasteiger partial charge is 0.289 e. The van der Waals surface area contributed by atoms with Crippen molar-refractivity contribution in [3.63, 3.8) is 0 Å². The maximum atomic E-state index is 12.9. The molecule has 3 aromatic rings. The van der Waals surface area contributed by atoms with Crippen molar-refractivity contribution in [3.05, 3.63) is 65.4 Å². The molecule has 1 saturated heterocycles. The van der Waals surface area contributed by atoms with Crippen LogP contribution in [0.4, 0.5) is 0 Å². The lowest BCUT2D eigenvalue weighted by Crippen LogP contribution is -2.48. The number of amides is 1. The third-order valence-corrected chi connectivity index (χ3v) is 5.09. The first kappa shape index (κ1) is 17.6. The van der Waals surface area contributed by atoms with Gasteiger partial charge in [-0.15, -0.1) is 0 Å². The van der Waals surface area contributed by atoms with Crippen molar-refractivity contribution in [3.8, 4) is 5.75 Å². The lowest BCUT2D eigenvalue weighted by Gasteiger charge is -2.34. The van der Waals surface area contributed by atoms with Gasteiger partial charge in [-0.05, 0) is 24.6 Å². The van der Waals surface area contributed by atoms with Gasteiger partial charge in [-0.3, -0.25) is 9.69 Å². The Hall–Kier alpha value is -2.79. The average Bonchev–Trinajstić information content (AvgIpc) is 3.12. The van der Waals surface area contributed by atoms with E-state index in [1.807, 2.05) is 23.1 Å². The number of para-hydroxylation sites is 1. The third-order valence-electron chi connectivity index (χ3n) is 5.09. The van der Waals surface area contributed by atoms with E-state index in [1.54, 1.807) is 13.2 Å². The number of carbonyl (C=O) groups excluding carboxylic acids is 1. The van der Waals surface area contributed by atoms with E-state index < -0.39 is 0 Å². The Morgan fingerprint density at radius 2 is 1.85 bits per heavy atom. The number of aryl methyl sites for hydroxylation is 1. The first-order valence-electron chi connectivity index (χ1n) is 9.28. The van der Waals surface area contributed by atoms with Crippen molar-refractivity contribution in [2.45, 2.75) is 13.5 Å². The van der Waals surface area contributed by atoms with Crippen LogP contribution in [0.2, 0.25) is 0 Å². The maximum Gasteiger partial charge on any atom is 0.289 e. The number of hydrogen-bond donors (Lipinski definition) is 0. The molecule has 0 aliphatic carbocycles. The number of rotatable bonds is 4. The van der Waals surface area contributed by atoms with Crippen LogP contribution in [0, 0.1) is 6.92 Å². The number of benzene rings is 2. The molecule has 1 aromatic heterocycles. The van der Waals surface area contributed by atoms with Gasteiger partial charge in [0.15, 0.2) is 17.1 Å². The van der Waals surface area contributed by atoms with Crippen LogP contribution < -0.4 is 4.74 Å². The molecule has 1 aliphatic heterocycles. The minimum atomic E-state index is -0.0524. The first-order valence-corrected chi connectivity index (χ1v) is 9.28. The number of hydrogen-bond acceptors (Lipinski definition) is 4. The number of nitrogens with zero attached hydrogens (tertiary/aromatic N) is 2. The van der Waals surface area contributed by atoms with E-state index in [4.69, 9.17) is 9.15 Å². The molecular formula is C22H24N2O3. The molecule has 0 bridgehead atoms. The third kappa shape index (κ3) is 3.69. The summed E-state index contributed by atoms with van der Waals surface area (Å²) < 4.78 is 11.1. The number of fused-ring (bicyclic) bond motifs is 1. The van der Waals surface area contributed by atoms with Gasteiger partial charge in [-0.1, -0.05) is 42.0 Å². The highest BCUT2D eigenvalue weighted by molar-refractivity contribution is 5.97. The molecule has 0 spiro atoms. The second kappa shape index (κ2) is 7.45. The van der Waals surface area contributed by atoms with Crippen molar-refractivity contribution in [1.82, 2.24) is 9.80 Å². The van der Waals surface area contributed by atoms with Crippen LogP contribution in [0.25, 0.3) is 11.0 Å². The van der Waals surface area contributed by atoms with E-state index in [0.29, 0.717) is 30.2 Å². The largest absolute Gasteiger partial charge is 0.493 e. The Labute approximate surface area is 159 Å². The van der Waals surface area contributed by atoms with Gasteiger partial charge in [0, 0.05) is 38.1 Å². The standard InChI is InChI=1S/C22H24N2O3/c1-16-5-3-6-17(13-16)15-23-9-11-24(12-10-23)22(25)20-14-18-7-4-8-19(26-2)21(18)27-20/h3-8,13-14H,9-12,15H2,1-2H3.